The van der Waals surface area contributed by atoms with Gasteiger partial charge in [0.1, 0.15) is 0 Å². The number of pyridine rings is 1. The third kappa shape index (κ3) is 5.04. The molecule has 0 amide bonds. The number of aromatic nitrogens is 5. The number of aliphatic hydroxyl groups excluding tert-OH is 1. The van der Waals surface area contributed by atoms with Crippen molar-refractivity contribution in [3.63, 3.8) is 0 Å². The molecule has 1 aliphatic heterocycles. The summed E-state index contributed by atoms with van der Waals surface area (Å²) < 4.78 is 1.82. The molecule has 0 spiro atoms. The Morgan fingerprint density at radius 2 is 1.82 bits per heavy atom. The largest absolute Gasteiger partial charge is 0.396 e. The Kier molecular flexibility index (Phi) is 7.11. The fourth-order valence-corrected chi connectivity index (χ4v) is 5.56. The van der Waals surface area contributed by atoms with Gasteiger partial charge in [0.25, 0.3) is 0 Å². The summed E-state index contributed by atoms with van der Waals surface area (Å²) in [6, 6.07) is 21.0. The molecule has 5 aromatic rings. The van der Waals surface area contributed by atoms with Gasteiger partial charge in [-0.3, -0.25) is 0 Å². The first kappa shape index (κ1) is 25.2. The van der Waals surface area contributed by atoms with E-state index >= 15 is 0 Å². The Morgan fingerprint density at radius 3 is 2.69 bits per heavy atom. The van der Waals surface area contributed by atoms with Gasteiger partial charge in [-0.15, -0.1) is 0 Å². The Labute approximate surface area is 228 Å². The summed E-state index contributed by atoms with van der Waals surface area (Å²) in [6.45, 7) is 5.94. The summed E-state index contributed by atoms with van der Waals surface area (Å²) in [5.41, 5.74) is 6.07. The highest BCUT2D eigenvalue weighted by atomic mass is 16.3. The van der Waals surface area contributed by atoms with Crippen LogP contribution in [0.15, 0.2) is 66.9 Å². The van der Waals surface area contributed by atoms with Gasteiger partial charge in [0, 0.05) is 42.3 Å². The third-order valence-corrected chi connectivity index (χ3v) is 7.68. The number of nitrogens with one attached hydrogen (secondary N) is 1. The molecule has 1 fully saturated rings. The maximum Gasteiger partial charge on any atom is 0.230 e. The second kappa shape index (κ2) is 11.0. The molecular formula is C31H35N7O. The highest BCUT2D eigenvalue weighted by Crippen LogP contribution is 2.29. The van der Waals surface area contributed by atoms with Crippen molar-refractivity contribution >= 4 is 28.4 Å². The van der Waals surface area contributed by atoms with Gasteiger partial charge in [0.05, 0.1) is 17.4 Å². The van der Waals surface area contributed by atoms with Crippen molar-refractivity contribution in [2.24, 2.45) is 0 Å². The van der Waals surface area contributed by atoms with E-state index in [0.29, 0.717) is 18.4 Å². The molecule has 8 nitrogen and oxygen atoms in total. The number of rotatable bonds is 8. The second-order valence-electron chi connectivity index (χ2n) is 10.6. The van der Waals surface area contributed by atoms with Crippen molar-refractivity contribution in [2.75, 3.05) is 23.4 Å². The van der Waals surface area contributed by atoms with E-state index in [1.165, 1.54) is 0 Å². The molecule has 4 heterocycles. The molecule has 0 saturated carbocycles. The van der Waals surface area contributed by atoms with Gasteiger partial charge in [-0.05, 0) is 49.3 Å². The number of hydrogen-bond acceptors (Lipinski definition) is 7. The minimum Gasteiger partial charge on any atom is -0.396 e. The molecule has 200 valence electrons. The Bertz CT molecular complexity index is 1590. The molecule has 1 aliphatic rings. The summed E-state index contributed by atoms with van der Waals surface area (Å²) in [5, 5.41) is 19.1. The van der Waals surface area contributed by atoms with E-state index in [1.54, 1.807) is 0 Å². The van der Waals surface area contributed by atoms with Crippen LogP contribution in [-0.4, -0.2) is 48.9 Å². The van der Waals surface area contributed by atoms with Crippen molar-refractivity contribution in [1.82, 2.24) is 24.6 Å². The molecule has 3 aromatic heterocycles. The molecule has 2 N–H and O–H groups in total. The summed E-state index contributed by atoms with van der Waals surface area (Å²) in [4.78, 5) is 17.2. The van der Waals surface area contributed by atoms with Gasteiger partial charge in [0.2, 0.25) is 11.9 Å². The molecule has 0 unspecified atom stereocenters. The van der Waals surface area contributed by atoms with E-state index in [1.807, 2.05) is 28.9 Å². The van der Waals surface area contributed by atoms with Gasteiger partial charge in [-0.25, -0.2) is 4.98 Å². The number of aliphatic hydroxyl groups is 1. The minimum absolute atomic E-state index is 0.165. The van der Waals surface area contributed by atoms with Crippen LogP contribution in [-0.2, 0) is 6.54 Å². The number of para-hydroxylation sites is 1. The predicted molar refractivity (Wildman–Crippen MR) is 156 cm³/mol. The van der Waals surface area contributed by atoms with E-state index in [0.717, 1.165) is 71.2 Å². The van der Waals surface area contributed by atoms with Gasteiger partial charge >= 0.3 is 0 Å². The van der Waals surface area contributed by atoms with E-state index in [4.69, 9.17) is 15.0 Å². The smallest absolute Gasteiger partial charge is 0.230 e. The van der Waals surface area contributed by atoms with Crippen molar-refractivity contribution in [2.45, 2.75) is 58.0 Å². The van der Waals surface area contributed by atoms with Crippen LogP contribution in [0.25, 0.3) is 27.8 Å². The topological polar surface area (TPSA) is 91.5 Å². The average molecular weight is 522 g/mol. The fourth-order valence-electron chi connectivity index (χ4n) is 5.56. The van der Waals surface area contributed by atoms with Crippen molar-refractivity contribution in [3.05, 3.63) is 78.0 Å². The first-order valence-corrected chi connectivity index (χ1v) is 13.9. The molecule has 0 radical (unpaired) electrons. The molecule has 0 bridgehead atoms. The first-order chi connectivity index (χ1) is 19.1. The van der Waals surface area contributed by atoms with Crippen LogP contribution in [0.2, 0.25) is 0 Å². The number of piperidine rings is 1. The maximum absolute atomic E-state index is 9.68. The summed E-state index contributed by atoms with van der Waals surface area (Å²) in [7, 11) is 0. The summed E-state index contributed by atoms with van der Waals surface area (Å²) in [5.74, 6) is 1.65. The monoisotopic (exact) mass is 521 g/mol. The van der Waals surface area contributed by atoms with Crippen LogP contribution in [0.1, 0.15) is 56.6 Å². The number of nitrogens with zero attached hydrogens (tertiary/aromatic N) is 6. The highest BCUT2D eigenvalue weighted by Gasteiger charge is 2.26. The van der Waals surface area contributed by atoms with Crippen LogP contribution in [0.4, 0.5) is 11.9 Å². The maximum atomic E-state index is 9.68. The van der Waals surface area contributed by atoms with Gasteiger partial charge < -0.3 is 15.3 Å². The normalized spacial score (nSPS) is 15.9. The fraction of sp³-hybridized carbons (Fsp3) is 0.355. The Hall–Kier alpha value is -4.04. The zero-order valence-electron chi connectivity index (χ0n) is 22.6. The van der Waals surface area contributed by atoms with Crippen molar-refractivity contribution in [3.8, 4) is 11.3 Å². The molecule has 2 aromatic carbocycles. The standard InChI is InChI=1S/C31H35N7O/c1-21(2)26-20-33-38-29(26)35-31(37-17-8-7-11-24(37)16-18-39)36-30(38)32-19-23-10-3-5-12-25(23)28-15-14-22-9-4-6-13-27(22)34-28/h3-6,9-10,12-15,20-21,24,39H,7-8,11,16-19H2,1-2H3,(H,32,35,36)/t24-/m0/s1. The Morgan fingerprint density at radius 1 is 0.974 bits per heavy atom. The zero-order valence-corrected chi connectivity index (χ0v) is 22.6. The lowest BCUT2D eigenvalue weighted by Gasteiger charge is -2.35. The molecule has 1 atom stereocenters. The van der Waals surface area contributed by atoms with E-state index in [2.05, 4.69) is 71.6 Å². The van der Waals surface area contributed by atoms with E-state index in [9.17, 15) is 5.11 Å². The van der Waals surface area contributed by atoms with E-state index < -0.39 is 0 Å². The third-order valence-electron chi connectivity index (χ3n) is 7.68. The number of anilines is 2. The number of fused-ring (bicyclic) bond motifs is 2. The highest BCUT2D eigenvalue weighted by molar-refractivity contribution is 5.82. The van der Waals surface area contributed by atoms with Crippen LogP contribution in [0.5, 0.6) is 0 Å². The lowest BCUT2D eigenvalue weighted by atomic mass is 10.0. The van der Waals surface area contributed by atoms with Gasteiger partial charge in [-0.1, -0.05) is 62.4 Å². The van der Waals surface area contributed by atoms with Crippen LogP contribution >= 0.6 is 0 Å². The van der Waals surface area contributed by atoms with Crippen molar-refractivity contribution < 1.29 is 5.11 Å². The number of benzene rings is 2. The number of hydrogen-bond donors (Lipinski definition) is 2. The van der Waals surface area contributed by atoms with E-state index in [-0.39, 0.29) is 18.6 Å². The molecule has 39 heavy (non-hydrogen) atoms. The Balaban J connectivity index is 1.36. The molecule has 6 rings (SSSR count). The molecule has 1 saturated heterocycles. The van der Waals surface area contributed by atoms with Crippen LogP contribution in [0.3, 0.4) is 0 Å². The average Bonchev–Trinajstić information content (AvgIpc) is 3.41. The summed E-state index contributed by atoms with van der Waals surface area (Å²) in [6.07, 6.45) is 5.93. The van der Waals surface area contributed by atoms with Crippen LogP contribution in [0, 0.1) is 0 Å². The molecular weight excluding hydrogens is 486 g/mol. The van der Waals surface area contributed by atoms with Gasteiger partial charge in [0.15, 0.2) is 5.65 Å². The predicted octanol–water partition coefficient (Wildman–Crippen LogP) is 5.82. The lowest BCUT2D eigenvalue weighted by molar-refractivity contribution is 0.261. The molecule has 8 heteroatoms. The van der Waals surface area contributed by atoms with Gasteiger partial charge in [-0.2, -0.15) is 19.6 Å². The quantitative estimate of drug-likeness (QED) is 0.266. The molecule has 0 aliphatic carbocycles. The van der Waals surface area contributed by atoms with Crippen LogP contribution < -0.4 is 10.2 Å². The SMILES string of the molecule is CC(C)c1cnn2c(NCc3ccccc3-c3ccc4ccccc4n3)nc(N3CCCC[C@H]3CCO)nc12. The minimum atomic E-state index is 0.165. The lowest BCUT2D eigenvalue weighted by Crippen LogP contribution is -2.41. The summed E-state index contributed by atoms with van der Waals surface area (Å²) >= 11 is 0. The van der Waals surface area contributed by atoms with Crippen molar-refractivity contribution in [1.29, 1.82) is 0 Å². The zero-order chi connectivity index (χ0) is 26.8. The first-order valence-electron chi connectivity index (χ1n) is 13.9. The second-order valence-corrected chi connectivity index (χ2v) is 10.6.